The third-order valence-corrected chi connectivity index (χ3v) is 5.17. The molecule has 144 valence electrons. The molecule has 0 saturated heterocycles. The number of anilines is 1. The molecular weight excluding hydrogens is 376 g/mol. The predicted octanol–water partition coefficient (Wildman–Crippen LogP) is 3.56. The van der Waals surface area contributed by atoms with E-state index in [9.17, 15) is 9.59 Å². The summed E-state index contributed by atoms with van der Waals surface area (Å²) in [5.74, 6) is -0.172. The lowest BCUT2D eigenvalue weighted by atomic mass is 10.2. The van der Waals surface area contributed by atoms with Gasteiger partial charge in [0.1, 0.15) is 5.69 Å². The molecule has 1 aliphatic carbocycles. The molecule has 1 aliphatic rings. The number of benzene rings is 1. The van der Waals surface area contributed by atoms with Crippen LogP contribution in [0.5, 0.6) is 0 Å². The van der Waals surface area contributed by atoms with E-state index < -0.39 is 0 Å². The summed E-state index contributed by atoms with van der Waals surface area (Å²) >= 11 is 1.28. The van der Waals surface area contributed by atoms with Crippen LogP contribution in [0.25, 0.3) is 5.69 Å². The summed E-state index contributed by atoms with van der Waals surface area (Å²) in [6.45, 7) is 2.09. The second-order valence-electron chi connectivity index (χ2n) is 6.56. The molecule has 7 nitrogen and oxygen atoms in total. The summed E-state index contributed by atoms with van der Waals surface area (Å²) < 4.78 is 6.60. The Hall–Kier alpha value is -3.00. The van der Waals surface area contributed by atoms with E-state index in [4.69, 9.17) is 4.74 Å². The van der Waals surface area contributed by atoms with Gasteiger partial charge in [-0.25, -0.2) is 9.67 Å². The van der Waals surface area contributed by atoms with Gasteiger partial charge in [0.15, 0.2) is 5.13 Å². The third-order valence-electron chi connectivity index (χ3n) is 4.36. The van der Waals surface area contributed by atoms with Crippen molar-refractivity contribution in [3.8, 4) is 5.69 Å². The molecule has 0 unspecified atom stereocenters. The highest BCUT2D eigenvalue weighted by molar-refractivity contribution is 7.14. The Bertz CT molecular complexity index is 992. The number of hydrogen-bond donors (Lipinski definition) is 1. The van der Waals surface area contributed by atoms with Crippen LogP contribution in [0.2, 0.25) is 0 Å². The zero-order valence-corrected chi connectivity index (χ0v) is 16.2. The highest BCUT2D eigenvalue weighted by atomic mass is 32.1. The number of ether oxygens (including phenoxy) is 1. The largest absolute Gasteiger partial charge is 0.466 e. The second-order valence-corrected chi connectivity index (χ2v) is 7.41. The maximum absolute atomic E-state index is 12.9. The minimum atomic E-state index is -0.332. The summed E-state index contributed by atoms with van der Waals surface area (Å²) in [5.41, 5.74) is 2.82. The third kappa shape index (κ3) is 4.12. The molecule has 0 aliphatic heterocycles. The van der Waals surface area contributed by atoms with Gasteiger partial charge in [0, 0.05) is 11.3 Å². The summed E-state index contributed by atoms with van der Waals surface area (Å²) in [5, 5.41) is 9.66. The number of amides is 1. The molecule has 28 heavy (non-hydrogen) atoms. The molecule has 3 aromatic rings. The Morgan fingerprint density at radius 3 is 2.79 bits per heavy atom. The number of carbonyl (C=O) groups excluding carboxylic acids is 2. The fraction of sp³-hybridized carbons (Fsp3) is 0.300. The van der Waals surface area contributed by atoms with Gasteiger partial charge < -0.3 is 4.74 Å². The predicted molar refractivity (Wildman–Crippen MR) is 106 cm³/mol. The minimum Gasteiger partial charge on any atom is -0.466 e. The van der Waals surface area contributed by atoms with E-state index >= 15 is 0 Å². The fourth-order valence-electron chi connectivity index (χ4n) is 2.87. The van der Waals surface area contributed by atoms with Crippen LogP contribution in [-0.2, 0) is 16.0 Å². The Labute approximate surface area is 166 Å². The first-order chi connectivity index (χ1) is 13.6. The van der Waals surface area contributed by atoms with Crippen molar-refractivity contribution in [2.45, 2.75) is 32.1 Å². The Morgan fingerprint density at radius 2 is 2.07 bits per heavy atom. The molecule has 1 amide bonds. The van der Waals surface area contributed by atoms with E-state index in [1.165, 1.54) is 11.3 Å². The molecular formula is C20H20N4O3S. The van der Waals surface area contributed by atoms with Gasteiger partial charge in [-0.15, -0.1) is 11.3 Å². The highest BCUT2D eigenvalue weighted by Gasteiger charge is 2.29. The second kappa shape index (κ2) is 7.93. The number of nitrogens with zero attached hydrogens (tertiary/aromatic N) is 3. The van der Waals surface area contributed by atoms with Crippen molar-refractivity contribution in [2.24, 2.45) is 0 Å². The van der Waals surface area contributed by atoms with Crippen LogP contribution in [0.15, 0.2) is 41.8 Å². The molecule has 1 aromatic carbocycles. The zero-order chi connectivity index (χ0) is 19.5. The van der Waals surface area contributed by atoms with Crippen LogP contribution in [0, 0.1) is 0 Å². The van der Waals surface area contributed by atoms with E-state index in [1.807, 2.05) is 36.4 Å². The van der Waals surface area contributed by atoms with Crippen molar-refractivity contribution in [1.29, 1.82) is 0 Å². The van der Waals surface area contributed by atoms with Gasteiger partial charge in [0.25, 0.3) is 5.91 Å². The van der Waals surface area contributed by atoms with Gasteiger partial charge in [-0.3, -0.25) is 14.9 Å². The quantitative estimate of drug-likeness (QED) is 0.617. The normalized spacial score (nSPS) is 13.3. The van der Waals surface area contributed by atoms with Crippen molar-refractivity contribution in [3.63, 3.8) is 0 Å². The Kier molecular flexibility index (Phi) is 5.21. The topological polar surface area (TPSA) is 86.1 Å². The molecule has 0 radical (unpaired) electrons. The van der Waals surface area contributed by atoms with Gasteiger partial charge in [-0.1, -0.05) is 18.2 Å². The van der Waals surface area contributed by atoms with Crippen LogP contribution in [0.3, 0.4) is 0 Å². The number of carbonyl (C=O) groups is 2. The molecule has 2 aromatic heterocycles. The van der Waals surface area contributed by atoms with Gasteiger partial charge in [-0.05, 0) is 38.0 Å². The van der Waals surface area contributed by atoms with Gasteiger partial charge in [0.05, 0.1) is 30.1 Å². The number of nitrogens with one attached hydrogen (secondary N) is 1. The van der Waals surface area contributed by atoms with Crippen molar-refractivity contribution in [1.82, 2.24) is 14.8 Å². The van der Waals surface area contributed by atoms with Crippen molar-refractivity contribution >= 4 is 28.3 Å². The molecule has 2 heterocycles. The Morgan fingerprint density at radius 1 is 1.29 bits per heavy atom. The molecule has 1 saturated carbocycles. The monoisotopic (exact) mass is 396 g/mol. The first-order valence-corrected chi connectivity index (χ1v) is 10.1. The maximum Gasteiger partial charge on any atom is 0.311 e. The van der Waals surface area contributed by atoms with Gasteiger partial charge in [-0.2, -0.15) is 5.10 Å². The molecule has 0 atom stereocenters. The first kappa shape index (κ1) is 18.4. The van der Waals surface area contributed by atoms with E-state index in [0.717, 1.165) is 24.2 Å². The highest BCUT2D eigenvalue weighted by Crippen LogP contribution is 2.39. The van der Waals surface area contributed by atoms with Crippen LogP contribution in [0.1, 0.15) is 47.6 Å². The van der Waals surface area contributed by atoms with Crippen LogP contribution < -0.4 is 5.32 Å². The van der Waals surface area contributed by atoms with Crippen LogP contribution in [0.4, 0.5) is 5.13 Å². The Balaban J connectivity index is 1.53. The fourth-order valence-corrected chi connectivity index (χ4v) is 3.58. The maximum atomic E-state index is 12.9. The summed E-state index contributed by atoms with van der Waals surface area (Å²) in [4.78, 5) is 28.8. The smallest absolute Gasteiger partial charge is 0.311 e. The lowest BCUT2D eigenvalue weighted by Crippen LogP contribution is -2.17. The number of aromatic nitrogens is 3. The van der Waals surface area contributed by atoms with E-state index in [1.54, 1.807) is 17.0 Å². The first-order valence-electron chi connectivity index (χ1n) is 9.21. The summed E-state index contributed by atoms with van der Waals surface area (Å²) in [6, 6.07) is 11.4. The average molecular weight is 396 g/mol. The molecule has 8 heteroatoms. The zero-order valence-electron chi connectivity index (χ0n) is 15.4. The molecule has 4 rings (SSSR count). The summed E-state index contributed by atoms with van der Waals surface area (Å²) in [7, 11) is 0. The number of esters is 1. The van der Waals surface area contributed by atoms with E-state index in [2.05, 4.69) is 15.4 Å². The van der Waals surface area contributed by atoms with E-state index in [0.29, 0.717) is 29.0 Å². The number of hydrogen-bond acceptors (Lipinski definition) is 6. The van der Waals surface area contributed by atoms with Crippen molar-refractivity contribution < 1.29 is 14.3 Å². The van der Waals surface area contributed by atoms with Crippen LogP contribution in [-0.4, -0.2) is 33.2 Å². The lowest BCUT2D eigenvalue weighted by Gasteiger charge is -2.06. The lowest BCUT2D eigenvalue weighted by molar-refractivity contribution is -0.142. The van der Waals surface area contributed by atoms with Crippen LogP contribution >= 0.6 is 11.3 Å². The molecule has 1 fully saturated rings. The standard InChI is InChI=1S/C20H20N4O3S/c1-2-27-18(25)10-14-12-28-20(21-14)22-19(26)17-11-16(13-8-9-13)23-24(17)15-6-4-3-5-7-15/h3-7,11-13H,2,8-10H2,1H3,(H,21,22,26). The molecule has 1 N–H and O–H groups in total. The van der Waals surface area contributed by atoms with Crippen molar-refractivity contribution in [3.05, 3.63) is 58.9 Å². The molecule has 0 spiro atoms. The van der Waals surface area contributed by atoms with Gasteiger partial charge in [0.2, 0.25) is 0 Å². The van der Waals surface area contributed by atoms with E-state index in [-0.39, 0.29) is 18.3 Å². The molecule has 0 bridgehead atoms. The van der Waals surface area contributed by atoms with Crippen molar-refractivity contribution in [2.75, 3.05) is 11.9 Å². The van der Waals surface area contributed by atoms with Gasteiger partial charge >= 0.3 is 5.97 Å². The minimum absolute atomic E-state index is 0.0913. The average Bonchev–Trinajstić information content (AvgIpc) is 3.29. The number of thiazole rings is 1. The SMILES string of the molecule is CCOC(=O)Cc1csc(NC(=O)c2cc(C3CC3)nn2-c2ccccc2)n1. The summed E-state index contributed by atoms with van der Waals surface area (Å²) in [6.07, 6.45) is 2.31. The number of rotatable bonds is 7. The number of para-hydroxylation sites is 1.